The Morgan fingerprint density at radius 1 is 1.25 bits per heavy atom. The van der Waals surface area contributed by atoms with Crippen LogP contribution >= 0.6 is 11.3 Å². The van der Waals surface area contributed by atoms with Gasteiger partial charge in [0, 0.05) is 23.1 Å². The summed E-state index contributed by atoms with van der Waals surface area (Å²) >= 11 is 1.70. The number of amides is 1. The number of rotatable bonds is 5. The molecular weight excluding hydrogens is 420 g/mol. The molecule has 4 aromatic heterocycles. The zero-order valence-corrected chi connectivity index (χ0v) is 19.5. The highest BCUT2D eigenvalue weighted by molar-refractivity contribution is 7.15. The molecule has 4 aromatic rings. The fourth-order valence-corrected chi connectivity index (χ4v) is 4.33. The Morgan fingerprint density at radius 2 is 2.03 bits per heavy atom. The van der Waals surface area contributed by atoms with Gasteiger partial charge >= 0.3 is 0 Å². The van der Waals surface area contributed by atoms with Gasteiger partial charge in [0.15, 0.2) is 0 Å². The second-order valence-corrected chi connectivity index (χ2v) is 9.60. The number of pyridine rings is 2. The maximum absolute atomic E-state index is 12.5. The van der Waals surface area contributed by atoms with Gasteiger partial charge in [-0.3, -0.25) is 4.79 Å². The fourth-order valence-electron chi connectivity index (χ4n) is 3.29. The van der Waals surface area contributed by atoms with Crippen molar-refractivity contribution in [2.75, 3.05) is 0 Å². The Balaban J connectivity index is 1.67. The number of nitrogens with zero attached hydrogens (tertiary/aromatic N) is 4. The van der Waals surface area contributed by atoms with Crippen LogP contribution in [0.1, 0.15) is 54.8 Å². The number of aryl methyl sites for hydroxylation is 1. The number of H-pyrrole nitrogens is 1. The summed E-state index contributed by atoms with van der Waals surface area (Å²) in [6.45, 7) is 9.60. The molecule has 0 atom stereocenters. The highest BCUT2D eigenvalue weighted by Crippen LogP contribution is 2.34. The molecule has 8 heteroatoms. The molecule has 0 unspecified atom stereocenters. The fraction of sp³-hybridized carbons (Fsp3) is 0.292. The second kappa shape index (κ2) is 8.17. The molecule has 2 N–H and O–H groups in total. The van der Waals surface area contributed by atoms with Crippen molar-refractivity contribution in [1.29, 1.82) is 5.26 Å². The number of aromatic nitrogens is 4. The number of hydrogen-bond donors (Lipinski definition) is 2. The third kappa shape index (κ3) is 4.25. The van der Waals surface area contributed by atoms with Crippen LogP contribution in [-0.4, -0.2) is 31.4 Å². The standard InChI is InChI=1S/C24H24N6OS/c1-13(2)23-27-14(3)20(32-23)19-10-15-9-16(11-26-21(15)29-19)17-7-6-8-18(28-17)22(31)30-24(4,5)12-25/h6-11,13H,1-5H3,(H,26,29)(H,30,31). The van der Waals surface area contributed by atoms with Crippen molar-refractivity contribution in [2.45, 2.75) is 46.1 Å². The Morgan fingerprint density at radius 3 is 2.72 bits per heavy atom. The molecule has 0 bridgehead atoms. The van der Waals surface area contributed by atoms with E-state index in [1.807, 2.05) is 19.1 Å². The van der Waals surface area contributed by atoms with Gasteiger partial charge in [-0.25, -0.2) is 15.0 Å². The van der Waals surface area contributed by atoms with Crippen molar-refractivity contribution >= 4 is 28.3 Å². The van der Waals surface area contributed by atoms with Gasteiger partial charge in [0.05, 0.1) is 33.0 Å². The number of fused-ring (bicyclic) bond motifs is 1. The van der Waals surface area contributed by atoms with Crippen LogP contribution in [0, 0.1) is 18.3 Å². The molecule has 0 saturated carbocycles. The highest BCUT2D eigenvalue weighted by atomic mass is 32.1. The van der Waals surface area contributed by atoms with Crippen molar-refractivity contribution < 1.29 is 4.79 Å². The summed E-state index contributed by atoms with van der Waals surface area (Å²) in [4.78, 5) is 30.8. The van der Waals surface area contributed by atoms with E-state index in [1.54, 1.807) is 43.5 Å². The maximum atomic E-state index is 12.5. The first-order chi connectivity index (χ1) is 15.2. The summed E-state index contributed by atoms with van der Waals surface area (Å²) in [7, 11) is 0. The smallest absolute Gasteiger partial charge is 0.271 e. The summed E-state index contributed by atoms with van der Waals surface area (Å²) in [5.41, 5.74) is 3.51. The Bertz CT molecular complexity index is 1360. The molecule has 1 amide bonds. The van der Waals surface area contributed by atoms with Gasteiger partial charge in [0.25, 0.3) is 5.91 Å². The summed E-state index contributed by atoms with van der Waals surface area (Å²) in [5, 5.41) is 13.9. The minimum atomic E-state index is -0.971. The third-order valence-electron chi connectivity index (χ3n) is 5.00. The van der Waals surface area contributed by atoms with Crippen LogP contribution < -0.4 is 5.32 Å². The number of aromatic amines is 1. The molecule has 32 heavy (non-hydrogen) atoms. The maximum Gasteiger partial charge on any atom is 0.271 e. The quantitative estimate of drug-likeness (QED) is 0.439. The van der Waals surface area contributed by atoms with Gasteiger partial charge in [-0.15, -0.1) is 11.3 Å². The molecule has 0 aromatic carbocycles. The van der Waals surface area contributed by atoms with Gasteiger partial charge in [0.1, 0.15) is 16.9 Å². The lowest BCUT2D eigenvalue weighted by atomic mass is 10.1. The van der Waals surface area contributed by atoms with Crippen molar-refractivity contribution in [3.05, 3.63) is 52.9 Å². The largest absolute Gasteiger partial charge is 0.339 e. The molecule has 7 nitrogen and oxygen atoms in total. The van der Waals surface area contributed by atoms with Gasteiger partial charge in [-0.2, -0.15) is 5.26 Å². The topological polar surface area (TPSA) is 107 Å². The van der Waals surface area contributed by atoms with E-state index in [0.29, 0.717) is 11.6 Å². The first-order valence-corrected chi connectivity index (χ1v) is 11.2. The van der Waals surface area contributed by atoms with Crippen molar-refractivity contribution in [2.24, 2.45) is 0 Å². The van der Waals surface area contributed by atoms with E-state index in [4.69, 9.17) is 5.26 Å². The summed E-state index contributed by atoms with van der Waals surface area (Å²) in [6.07, 6.45) is 1.74. The van der Waals surface area contributed by atoms with Gasteiger partial charge in [0.2, 0.25) is 0 Å². The summed E-state index contributed by atoms with van der Waals surface area (Å²) in [5.74, 6) is -0.00571. The van der Waals surface area contributed by atoms with E-state index in [9.17, 15) is 4.79 Å². The molecule has 4 rings (SSSR count). The van der Waals surface area contributed by atoms with Crippen LogP contribution in [0.25, 0.3) is 32.9 Å². The molecular formula is C24H24N6OS. The van der Waals surface area contributed by atoms with E-state index in [-0.39, 0.29) is 5.69 Å². The van der Waals surface area contributed by atoms with Crippen LogP contribution in [-0.2, 0) is 0 Å². The molecule has 0 saturated heterocycles. The molecule has 4 heterocycles. The van der Waals surface area contributed by atoms with Crippen LogP contribution in [0.5, 0.6) is 0 Å². The van der Waals surface area contributed by atoms with Crippen molar-refractivity contribution in [1.82, 2.24) is 25.3 Å². The van der Waals surface area contributed by atoms with Crippen LogP contribution in [0.2, 0.25) is 0 Å². The zero-order valence-electron chi connectivity index (χ0n) is 18.6. The zero-order chi connectivity index (χ0) is 23.0. The van der Waals surface area contributed by atoms with Crippen LogP contribution in [0.3, 0.4) is 0 Å². The third-order valence-corrected chi connectivity index (χ3v) is 6.50. The van der Waals surface area contributed by atoms with E-state index in [2.05, 4.69) is 51.2 Å². The Hall–Kier alpha value is -3.57. The number of nitriles is 1. The van der Waals surface area contributed by atoms with E-state index < -0.39 is 11.4 Å². The van der Waals surface area contributed by atoms with Gasteiger partial charge in [-0.1, -0.05) is 19.9 Å². The van der Waals surface area contributed by atoms with Crippen molar-refractivity contribution in [3.63, 3.8) is 0 Å². The number of carbonyl (C=O) groups excluding carboxylic acids is 1. The minimum absolute atomic E-state index is 0.252. The molecule has 0 aliphatic rings. The minimum Gasteiger partial charge on any atom is -0.339 e. The molecule has 0 radical (unpaired) electrons. The number of nitrogens with one attached hydrogen (secondary N) is 2. The second-order valence-electron chi connectivity index (χ2n) is 8.57. The SMILES string of the molecule is Cc1nc(C(C)C)sc1-c1cc2cc(-c3cccc(C(=O)NC(C)(C)C#N)n3)cnc2[nH]1. The number of thiazole rings is 1. The average Bonchev–Trinajstić information content (AvgIpc) is 3.36. The Kier molecular flexibility index (Phi) is 5.53. The lowest BCUT2D eigenvalue weighted by Crippen LogP contribution is -2.42. The first-order valence-electron chi connectivity index (χ1n) is 10.3. The summed E-state index contributed by atoms with van der Waals surface area (Å²) in [6, 6.07) is 11.4. The van der Waals surface area contributed by atoms with Crippen LogP contribution in [0.4, 0.5) is 0 Å². The normalized spacial score (nSPS) is 11.7. The lowest BCUT2D eigenvalue weighted by Gasteiger charge is -2.17. The lowest BCUT2D eigenvalue weighted by molar-refractivity contribution is 0.0924. The number of hydrogen-bond acceptors (Lipinski definition) is 6. The number of carbonyl (C=O) groups is 1. The van der Waals surface area contributed by atoms with Crippen LogP contribution in [0.15, 0.2) is 36.5 Å². The predicted octanol–water partition coefficient (Wildman–Crippen LogP) is 5.21. The highest BCUT2D eigenvalue weighted by Gasteiger charge is 2.21. The average molecular weight is 445 g/mol. The predicted molar refractivity (Wildman–Crippen MR) is 126 cm³/mol. The van der Waals surface area contributed by atoms with E-state index in [0.717, 1.165) is 37.9 Å². The first kappa shape index (κ1) is 21.7. The van der Waals surface area contributed by atoms with Gasteiger partial charge < -0.3 is 10.3 Å². The van der Waals surface area contributed by atoms with Gasteiger partial charge in [-0.05, 0) is 45.0 Å². The molecule has 162 valence electrons. The summed E-state index contributed by atoms with van der Waals surface area (Å²) < 4.78 is 0. The van der Waals surface area contributed by atoms with Crippen molar-refractivity contribution in [3.8, 4) is 27.9 Å². The molecule has 0 fully saturated rings. The molecule has 0 aliphatic carbocycles. The molecule has 0 spiro atoms. The van der Waals surface area contributed by atoms with E-state index >= 15 is 0 Å². The monoisotopic (exact) mass is 444 g/mol. The Labute approximate surface area is 190 Å². The molecule has 0 aliphatic heterocycles. The van der Waals surface area contributed by atoms with E-state index in [1.165, 1.54) is 0 Å².